The van der Waals surface area contributed by atoms with E-state index in [1.165, 1.54) is 0 Å². The summed E-state index contributed by atoms with van der Waals surface area (Å²) >= 11 is 3.41. The summed E-state index contributed by atoms with van der Waals surface area (Å²) in [6.07, 6.45) is 1.31. The second kappa shape index (κ2) is 5.97. The van der Waals surface area contributed by atoms with Crippen molar-refractivity contribution in [3.8, 4) is 0 Å². The minimum Gasteiger partial charge on any atom is -0.396 e. The first-order valence-corrected chi connectivity index (χ1v) is 7.48. The van der Waals surface area contributed by atoms with Gasteiger partial charge in [-0.05, 0) is 38.0 Å². The molecule has 0 aliphatic rings. The van der Waals surface area contributed by atoms with Crippen LogP contribution < -0.4 is 5.32 Å². The van der Waals surface area contributed by atoms with Crippen LogP contribution in [0.5, 0.6) is 0 Å². The van der Waals surface area contributed by atoms with Crippen LogP contribution in [0.2, 0.25) is 0 Å². The molecule has 3 N–H and O–H groups in total. The van der Waals surface area contributed by atoms with Gasteiger partial charge in [0.25, 0.3) is 5.91 Å². The quantitative estimate of drug-likeness (QED) is 0.783. The Morgan fingerprint density at radius 2 is 2.20 bits per heavy atom. The van der Waals surface area contributed by atoms with Crippen molar-refractivity contribution in [2.45, 2.75) is 32.2 Å². The molecule has 0 aliphatic heterocycles. The van der Waals surface area contributed by atoms with E-state index in [4.69, 9.17) is 5.11 Å². The minimum absolute atomic E-state index is 0.0598. The highest BCUT2D eigenvalue weighted by Crippen LogP contribution is 2.21. The molecule has 1 aromatic heterocycles. The van der Waals surface area contributed by atoms with Crippen LogP contribution >= 0.6 is 15.9 Å². The molecule has 0 saturated carbocycles. The zero-order valence-electron chi connectivity index (χ0n) is 11.7. The smallest absolute Gasteiger partial charge is 0.268 e. The number of benzene rings is 1. The molecule has 2 rings (SSSR count). The maximum absolute atomic E-state index is 12.3. The van der Waals surface area contributed by atoms with E-state index in [1.807, 2.05) is 38.1 Å². The average Bonchev–Trinajstić information content (AvgIpc) is 2.82. The molecule has 0 spiro atoms. The fraction of sp³-hybridized carbons (Fsp3) is 0.400. The molecule has 108 valence electrons. The number of aromatic amines is 1. The fourth-order valence-electron chi connectivity index (χ4n) is 2.14. The van der Waals surface area contributed by atoms with Crippen molar-refractivity contribution >= 4 is 32.7 Å². The van der Waals surface area contributed by atoms with E-state index in [9.17, 15) is 4.79 Å². The van der Waals surface area contributed by atoms with Crippen molar-refractivity contribution in [3.63, 3.8) is 0 Å². The summed E-state index contributed by atoms with van der Waals surface area (Å²) in [5.41, 5.74) is 1.07. The van der Waals surface area contributed by atoms with E-state index < -0.39 is 0 Å². The lowest BCUT2D eigenvalue weighted by atomic mass is 9.95. The van der Waals surface area contributed by atoms with Gasteiger partial charge in [0.1, 0.15) is 5.69 Å². The van der Waals surface area contributed by atoms with Crippen LogP contribution in [0.25, 0.3) is 10.9 Å². The normalized spacial score (nSPS) is 14.2. The van der Waals surface area contributed by atoms with Gasteiger partial charge >= 0.3 is 0 Å². The third-order valence-electron chi connectivity index (χ3n) is 3.69. The maximum Gasteiger partial charge on any atom is 0.268 e. The third kappa shape index (κ3) is 3.22. The van der Waals surface area contributed by atoms with E-state index in [-0.39, 0.29) is 18.1 Å². The Hall–Kier alpha value is -1.33. The Morgan fingerprint density at radius 1 is 1.45 bits per heavy atom. The summed E-state index contributed by atoms with van der Waals surface area (Å²) < 4.78 is 0.970. The van der Waals surface area contributed by atoms with E-state index in [0.717, 1.165) is 21.8 Å². The van der Waals surface area contributed by atoms with Crippen LogP contribution in [0.4, 0.5) is 0 Å². The lowest BCUT2D eigenvalue weighted by Crippen LogP contribution is -2.46. The van der Waals surface area contributed by atoms with Crippen LogP contribution in [-0.4, -0.2) is 28.1 Å². The molecule has 0 radical (unpaired) electrons. The number of halogens is 1. The fourth-order valence-corrected chi connectivity index (χ4v) is 2.50. The summed E-state index contributed by atoms with van der Waals surface area (Å²) in [4.78, 5) is 15.4. The van der Waals surface area contributed by atoms with Gasteiger partial charge in [0.05, 0.1) is 0 Å². The number of aromatic nitrogens is 1. The highest BCUT2D eigenvalue weighted by Gasteiger charge is 2.24. The zero-order valence-corrected chi connectivity index (χ0v) is 13.3. The Kier molecular flexibility index (Phi) is 4.50. The predicted octanol–water partition coefficient (Wildman–Crippen LogP) is 3.21. The molecule has 0 fully saturated rings. The SMILES string of the molecule is CCC(C)(CCO)NC(=O)c1cc2ccc(Br)cc2[nH]1. The Balaban J connectivity index is 2.22. The lowest BCUT2D eigenvalue weighted by molar-refractivity contribution is 0.0882. The number of nitrogens with one attached hydrogen (secondary N) is 2. The van der Waals surface area contributed by atoms with Crippen molar-refractivity contribution in [1.82, 2.24) is 10.3 Å². The number of rotatable bonds is 5. The highest BCUT2D eigenvalue weighted by atomic mass is 79.9. The first kappa shape index (κ1) is 15.1. The average molecular weight is 339 g/mol. The molecule has 1 atom stereocenters. The molecule has 20 heavy (non-hydrogen) atoms. The van der Waals surface area contributed by atoms with E-state index >= 15 is 0 Å². The number of carbonyl (C=O) groups is 1. The van der Waals surface area contributed by atoms with Crippen molar-refractivity contribution < 1.29 is 9.90 Å². The van der Waals surface area contributed by atoms with Crippen LogP contribution in [0.1, 0.15) is 37.2 Å². The van der Waals surface area contributed by atoms with Crippen LogP contribution in [0.15, 0.2) is 28.7 Å². The van der Waals surface area contributed by atoms with E-state index in [0.29, 0.717) is 12.1 Å². The van der Waals surface area contributed by atoms with Crippen LogP contribution in [-0.2, 0) is 0 Å². The summed E-state index contributed by atoms with van der Waals surface area (Å²) in [6.45, 7) is 4.00. The Labute approximate surface area is 126 Å². The zero-order chi connectivity index (χ0) is 14.8. The molecule has 0 saturated heterocycles. The van der Waals surface area contributed by atoms with E-state index in [1.54, 1.807) is 0 Å². The number of hydrogen-bond donors (Lipinski definition) is 3. The molecule has 1 heterocycles. The standard InChI is InChI=1S/C15H19BrN2O2/c1-3-15(2,6-7-19)18-14(20)13-8-10-4-5-11(16)9-12(10)17-13/h4-5,8-9,17,19H,3,6-7H2,1-2H3,(H,18,20). The summed E-state index contributed by atoms with van der Waals surface area (Å²) in [5, 5.41) is 13.1. The maximum atomic E-state index is 12.3. The molecule has 1 amide bonds. The number of hydrogen-bond acceptors (Lipinski definition) is 2. The first-order valence-electron chi connectivity index (χ1n) is 6.69. The summed E-state index contributed by atoms with van der Waals surface area (Å²) in [6, 6.07) is 7.68. The van der Waals surface area contributed by atoms with Gasteiger partial charge in [0.2, 0.25) is 0 Å². The summed E-state index contributed by atoms with van der Waals surface area (Å²) in [5.74, 6) is -0.143. The van der Waals surface area contributed by atoms with Crippen molar-refractivity contribution in [1.29, 1.82) is 0 Å². The van der Waals surface area contributed by atoms with Gasteiger partial charge < -0.3 is 15.4 Å². The Morgan fingerprint density at radius 3 is 2.85 bits per heavy atom. The Bertz CT molecular complexity index is 623. The van der Waals surface area contributed by atoms with Gasteiger partial charge in [-0.25, -0.2) is 0 Å². The molecule has 5 heteroatoms. The number of fused-ring (bicyclic) bond motifs is 1. The molecular formula is C15H19BrN2O2. The molecule has 4 nitrogen and oxygen atoms in total. The van der Waals surface area contributed by atoms with Crippen LogP contribution in [0, 0.1) is 0 Å². The van der Waals surface area contributed by atoms with Gasteiger partial charge in [-0.2, -0.15) is 0 Å². The van der Waals surface area contributed by atoms with Crippen molar-refractivity contribution in [2.24, 2.45) is 0 Å². The largest absolute Gasteiger partial charge is 0.396 e. The molecule has 1 aromatic carbocycles. The third-order valence-corrected chi connectivity index (χ3v) is 4.18. The topological polar surface area (TPSA) is 65.1 Å². The molecular weight excluding hydrogens is 320 g/mol. The number of carbonyl (C=O) groups excluding carboxylic acids is 1. The molecule has 0 aliphatic carbocycles. The van der Waals surface area contributed by atoms with E-state index in [2.05, 4.69) is 26.2 Å². The van der Waals surface area contributed by atoms with Crippen LogP contribution in [0.3, 0.4) is 0 Å². The van der Waals surface area contributed by atoms with Crippen molar-refractivity contribution in [3.05, 3.63) is 34.4 Å². The molecule has 2 aromatic rings. The molecule has 0 bridgehead atoms. The second-order valence-corrected chi connectivity index (χ2v) is 6.17. The van der Waals surface area contributed by atoms with Gasteiger partial charge in [-0.15, -0.1) is 0 Å². The lowest BCUT2D eigenvalue weighted by Gasteiger charge is -2.28. The highest BCUT2D eigenvalue weighted by molar-refractivity contribution is 9.10. The monoisotopic (exact) mass is 338 g/mol. The second-order valence-electron chi connectivity index (χ2n) is 5.26. The van der Waals surface area contributed by atoms with Crippen molar-refractivity contribution in [2.75, 3.05) is 6.61 Å². The summed E-state index contributed by atoms with van der Waals surface area (Å²) in [7, 11) is 0. The minimum atomic E-state index is -0.385. The first-order chi connectivity index (χ1) is 9.47. The van der Waals surface area contributed by atoms with Gasteiger partial charge in [0.15, 0.2) is 0 Å². The number of amides is 1. The van der Waals surface area contributed by atoms with Gasteiger partial charge in [-0.3, -0.25) is 4.79 Å². The number of H-pyrrole nitrogens is 1. The van der Waals surface area contributed by atoms with Gasteiger partial charge in [0, 0.05) is 27.5 Å². The molecule has 1 unspecified atom stereocenters. The predicted molar refractivity (Wildman–Crippen MR) is 83.9 cm³/mol. The number of aliphatic hydroxyl groups excluding tert-OH is 1. The van der Waals surface area contributed by atoms with Gasteiger partial charge in [-0.1, -0.05) is 28.9 Å². The number of aliphatic hydroxyl groups is 1.